The molecule has 7 nitrogen and oxygen atoms in total. The predicted octanol–water partition coefficient (Wildman–Crippen LogP) is 0.764. The Kier molecular flexibility index (Phi) is 10.5. The number of hydrogen-bond donors (Lipinski definition) is 2. The van der Waals surface area contributed by atoms with Gasteiger partial charge in [-0.05, 0) is 18.4 Å². The van der Waals surface area contributed by atoms with Crippen LogP contribution in [0.25, 0.3) is 0 Å². The number of carbonyl (C=O) groups excluding carboxylic acids is 1. The number of carbonyl (C=O) groups is 2. The first-order valence-electron chi connectivity index (χ1n) is 6.19. The molecule has 0 saturated carbocycles. The molecule has 20 heavy (non-hydrogen) atoms. The van der Waals surface area contributed by atoms with Crippen molar-refractivity contribution in [3.8, 4) is 6.07 Å². The third kappa shape index (κ3) is 7.86. The minimum absolute atomic E-state index is 0.194. The van der Waals surface area contributed by atoms with Crippen LogP contribution in [0.3, 0.4) is 0 Å². The molecular formula is C12H21N3O4S. The summed E-state index contributed by atoms with van der Waals surface area (Å²) in [6.45, 7) is 0.904. The van der Waals surface area contributed by atoms with Crippen LogP contribution in [-0.4, -0.2) is 66.9 Å². The Balaban J connectivity index is 4.51. The molecule has 114 valence electrons. The summed E-state index contributed by atoms with van der Waals surface area (Å²) in [5, 5.41) is 20.1. The van der Waals surface area contributed by atoms with Crippen LogP contribution in [0.15, 0.2) is 0 Å². The second-order valence-electron chi connectivity index (χ2n) is 4.01. The van der Waals surface area contributed by atoms with Crippen molar-refractivity contribution in [1.29, 1.82) is 5.26 Å². The molecule has 0 heterocycles. The molecule has 0 aliphatic rings. The molecule has 0 saturated heterocycles. The second kappa shape index (κ2) is 11.4. The highest BCUT2D eigenvalue weighted by Gasteiger charge is 2.22. The van der Waals surface area contributed by atoms with E-state index in [0.29, 0.717) is 25.3 Å². The molecule has 0 aromatic carbocycles. The maximum Gasteiger partial charge on any atom is 0.326 e. The predicted molar refractivity (Wildman–Crippen MR) is 76.6 cm³/mol. The number of nitrogens with zero attached hydrogens (tertiary/aromatic N) is 2. The number of rotatable bonds is 10. The number of methoxy groups -OCH3 is 1. The smallest absolute Gasteiger partial charge is 0.326 e. The summed E-state index contributed by atoms with van der Waals surface area (Å²) < 4.78 is 4.90. The molecule has 0 unspecified atom stereocenters. The van der Waals surface area contributed by atoms with Crippen LogP contribution in [0, 0.1) is 11.3 Å². The first kappa shape index (κ1) is 18.5. The van der Waals surface area contributed by atoms with Gasteiger partial charge in [-0.3, -0.25) is 0 Å². The molecule has 0 aliphatic carbocycles. The highest BCUT2D eigenvalue weighted by Crippen LogP contribution is 2.02. The maximum atomic E-state index is 12.0. The molecule has 2 N–H and O–H groups in total. The molecule has 0 bridgehead atoms. The molecule has 0 aromatic rings. The van der Waals surface area contributed by atoms with Crippen molar-refractivity contribution in [2.75, 3.05) is 38.8 Å². The van der Waals surface area contributed by atoms with Gasteiger partial charge in [0.2, 0.25) is 0 Å². The molecule has 1 atom stereocenters. The Morgan fingerprint density at radius 1 is 1.50 bits per heavy atom. The zero-order valence-electron chi connectivity index (χ0n) is 11.8. The van der Waals surface area contributed by atoms with Gasteiger partial charge >= 0.3 is 12.0 Å². The van der Waals surface area contributed by atoms with E-state index < -0.39 is 18.0 Å². The lowest BCUT2D eigenvalue weighted by Gasteiger charge is -2.24. The molecule has 0 spiro atoms. The van der Waals surface area contributed by atoms with Crippen LogP contribution >= 0.6 is 11.8 Å². The lowest BCUT2D eigenvalue weighted by atomic mass is 10.2. The number of urea groups is 1. The molecular weight excluding hydrogens is 282 g/mol. The zero-order chi connectivity index (χ0) is 15.4. The number of thioether (sulfide) groups is 1. The average molecular weight is 303 g/mol. The number of carboxylic acid groups (broad SMARTS) is 1. The first-order chi connectivity index (χ1) is 9.56. The Labute approximate surface area is 123 Å². The SMILES string of the molecule is COCCN(CCC#N)C(=O)N[C@@H](CCSC)C(=O)O. The normalized spacial score (nSPS) is 11.4. The number of aliphatic carboxylic acids is 1. The minimum atomic E-state index is -1.06. The Hall–Kier alpha value is -1.46. The van der Waals surface area contributed by atoms with Gasteiger partial charge in [0.25, 0.3) is 0 Å². The monoisotopic (exact) mass is 303 g/mol. The molecule has 8 heteroatoms. The van der Waals surface area contributed by atoms with E-state index in [1.165, 1.54) is 23.8 Å². The van der Waals surface area contributed by atoms with E-state index in [-0.39, 0.29) is 13.0 Å². The van der Waals surface area contributed by atoms with E-state index in [1.807, 2.05) is 12.3 Å². The third-order valence-electron chi connectivity index (χ3n) is 2.55. The van der Waals surface area contributed by atoms with E-state index in [4.69, 9.17) is 15.1 Å². The highest BCUT2D eigenvalue weighted by atomic mass is 32.2. The fourth-order valence-electron chi connectivity index (χ4n) is 1.43. The lowest BCUT2D eigenvalue weighted by molar-refractivity contribution is -0.139. The molecule has 0 radical (unpaired) electrons. The third-order valence-corrected chi connectivity index (χ3v) is 3.20. The van der Waals surface area contributed by atoms with Crippen molar-refractivity contribution < 1.29 is 19.4 Å². The number of amides is 2. The summed E-state index contributed by atoms with van der Waals surface area (Å²) in [7, 11) is 1.51. The lowest BCUT2D eigenvalue weighted by Crippen LogP contribution is -2.49. The van der Waals surface area contributed by atoms with Gasteiger partial charge in [-0.1, -0.05) is 0 Å². The van der Waals surface area contributed by atoms with Crippen LogP contribution in [0.4, 0.5) is 4.79 Å². The summed E-state index contributed by atoms with van der Waals surface area (Å²) in [4.78, 5) is 24.5. The number of carboxylic acids is 1. The largest absolute Gasteiger partial charge is 0.480 e. The summed E-state index contributed by atoms with van der Waals surface area (Å²) in [5.74, 6) is -0.410. The minimum Gasteiger partial charge on any atom is -0.480 e. The molecule has 0 fully saturated rings. The van der Waals surface area contributed by atoms with Gasteiger partial charge in [-0.15, -0.1) is 0 Å². The quantitative estimate of drug-likeness (QED) is 0.618. The van der Waals surface area contributed by atoms with Crippen molar-refractivity contribution >= 4 is 23.8 Å². The van der Waals surface area contributed by atoms with E-state index in [2.05, 4.69) is 5.32 Å². The van der Waals surface area contributed by atoms with Crippen LogP contribution in [0.1, 0.15) is 12.8 Å². The summed E-state index contributed by atoms with van der Waals surface area (Å²) >= 11 is 1.52. The van der Waals surface area contributed by atoms with Crippen molar-refractivity contribution in [2.24, 2.45) is 0 Å². The fourth-order valence-corrected chi connectivity index (χ4v) is 1.91. The van der Waals surface area contributed by atoms with Crippen molar-refractivity contribution in [3.63, 3.8) is 0 Å². The van der Waals surface area contributed by atoms with Crippen LogP contribution in [0.2, 0.25) is 0 Å². The van der Waals surface area contributed by atoms with Crippen LogP contribution in [0.5, 0.6) is 0 Å². The summed E-state index contributed by atoms with van der Waals surface area (Å²) in [6, 6.07) is 0.562. The Bertz CT molecular complexity index is 346. The molecule has 0 aromatic heterocycles. The molecule has 0 rings (SSSR count). The fraction of sp³-hybridized carbons (Fsp3) is 0.750. The van der Waals surface area contributed by atoms with Gasteiger partial charge in [0, 0.05) is 20.2 Å². The van der Waals surface area contributed by atoms with Gasteiger partial charge in [0.15, 0.2) is 0 Å². The maximum absolute atomic E-state index is 12.0. The summed E-state index contributed by atoms with van der Waals surface area (Å²) in [5.41, 5.74) is 0. The van der Waals surface area contributed by atoms with Crippen molar-refractivity contribution in [3.05, 3.63) is 0 Å². The zero-order valence-corrected chi connectivity index (χ0v) is 12.6. The van der Waals surface area contributed by atoms with E-state index in [0.717, 1.165) is 0 Å². The molecule has 2 amide bonds. The second-order valence-corrected chi connectivity index (χ2v) is 5.00. The number of nitrogens with one attached hydrogen (secondary N) is 1. The van der Waals surface area contributed by atoms with Crippen LogP contribution in [-0.2, 0) is 9.53 Å². The number of ether oxygens (including phenoxy) is 1. The van der Waals surface area contributed by atoms with Crippen molar-refractivity contribution in [2.45, 2.75) is 18.9 Å². The average Bonchev–Trinajstić information content (AvgIpc) is 2.43. The molecule has 0 aliphatic heterocycles. The standard InChI is InChI=1S/C12H21N3O4S/c1-19-8-7-15(6-3-5-13)12(18)14-10(11(16)17)4-9-20-2/h10H,3-4,6-9H2,1-2H3,(H,14,18)(H,16,17)/t10-/m0/s1. The van der Waals surface area contributed by atoms with Crippen molar-refractivity contribution in [1.82, 2.24) is 10.2 Å². The number of hydrogen-bond acceptors (Lipinski definition) is 5. The van der Waals surface area contributed by atoms with Gasteiger partial charge in [0.05, 0.1) is 19.1 Å². The van der Waals surface area contributed by atoms with Gasteiger partial charge in [0.1, 0.15) is 6.04 Å². The van der Waals surface area contributed by atoms with Gasteiger partial charge in [-0.25, -0.2) is 9.59 Å². The Morgan fingerprint density at radius 2 is 2.20 bits per heavy atom. The topological polar surface area (TPSA) is 103 Å². The summed E-state index contributed by atoms with van der Waals surface area (Å²) in [6.07, 6.45) is 2.43. The number of nitriles is 1. The van der Waals surface area contributed by atoms with E-state index in [9.17, 15) is 9.59 Å². The van der Waals surface area contributed by atoms with E-state index >= 15 is 0 Å². The van der Waals surface area contributed by atoms with Gasteiger partial charge in [-0.2, -0.15) is 17.0 Å². The highest BCUT2D eigenvalue weighted by molar-refractivity contribution is 7.98. The van der Waals surface area contributed by atoms with E-state index in [1.54, 1.807) is 0 Å². The first-order valence-corrected chi connectivity index (χ1v) is 7.59. The van der Waals surface area contributed by atoms with Crippen LogP contribution < -0.4 is 5.32 Å². The van der Waals surface area contributed by atoms with Gasteiger partial charge < -0.3 is 20.1 Å². The Morgan fingerprint density at radius 3 is 2.70 bits per heavy atom.